The van der Waals surface area contributed by atoms with Gasteiger partial charge in [0.25, 0.3) is 0 Å². The highest BCUT2D eigenvalue weighted by atomic mass is 79.9. The standard InChI is InChI=1S/C17H16BrClN6O3/c1-10-15(25(27)28)7-20-24(10)11(2)17(26)21-16-13(18)9-23(22-16)8-12-5-3-4-6-14(12)19/h3-7,9,11H,8H2,1-2H3,(H,21,22,26). The van der Waals surface area contributed by atoms with E-state index in [1.54, 1.807) is 30.8 Å². The lowest BCUT2D eigenvalue weighted by Gasteiger charge is -2.13. The first-order valence-corrected chi connectivity index (χ1v) is 9.40. The molecule has 0 aliphatic carbocycles. The number of halogens is 2. The minimum atomic E-state index is -0.755. The molecule has 11 heteroatoms. The molecule has 28 heavy (non-hydrogen) atoms. The number of hydrogen-bond donors (Lipinski definition) is 1. The molecule has 0 saturated heterocycles. The highest BCUT2D eigenvalue weighted by Gasteiger charge is 2.24. The van der Waals surface area contributed by atoms with E-state index in [4.69, 9.17) is 11.6 Å². The SMILES string of the molecule is Cc1c([N+](=O)[O-])cnn1C(C)C(=O)Nc1nn(Cc2ccccc2Cl)cc1Br. The Morgan fingerprint density at radius 2 is 2.14 bits per heavy atom. The lowest BCUT2D eigenvalue weighted by atomic mass is 10.2. The summed E-state index contributed by atoms with van der Waals surface area (Å²) in [5.41, 5.74) is 1.06. The van der Waals surface area contributed by atoms with Gasteiger partial charge in [-0.25, -0.2) is 0 Å². The van der Waals surface area contributed by atoms with Crippen LogP contribution in [0.15, 0.2) is 41.1 Å². The molecule has 3 aromatic rings. The van der Waals surface area contributed by atoms with E-state index in [0.29, 0.717) is 27.6 Å². The zero-order valence-corrected chi connectivity index (χ0v) is 17.3. The molecule has 2 aromatic heterocycles. The number of carbonyl (C=O) groups is 1. The highest BCUT2D eigenvalue weighted by Crippen LogP contribution is 2.25. The molecule has 0 aliphatic heterocycles. The van der Waals surface area contributed by atoms with Crippen molar-refractivity contribution < 1.29 is 9.72 Å². The summed E-state index contributed by atoms with van der Waals surface area (Å²) in [7, 11) is 0. The van der Waals surface area contributed by atoms with Gasteiger partial charge in [0.15, 0.2) is 5.82 Å². The molecule has 1 amide bonds. The fourth-order valence-electron chi connectivity index (χ4n) is 2.68. The number of benzene rings is 1. The van der Waals surface area contributed by atoms with Crippen LogP contribution in [0.25, 0.3) is 0 Å². The molecule has 0 spiro atoms. The van der Waals surface area contributed by atoms with Gasteiger partial charge in [-0.05, 0) is 41.4 Å². The zero-order valence-electron chi connectivity index (χ0n) is 15.0. The van der Waals surface area contributed by atoms with Crippen molar-refractivity contribution in [2.24, 2.45) is 0 Å². The third-order valence-corrected chi connectivity index (χ3v) is 5.16. The first-order valence-electron chi connectivity index (χ1n) is 8.23. The lowest BCUT2D eigenvalue weighted by molar-refractivity contribution is -0.385. The number of nitrogens with zero attached hydrogens (tertiary/aromatic N) is 5. The van der Waals surface area contributed by atoms with E-state index < -0.39 is 16.9 Å². The summed E-state index contributed by atoms with van der Waals surface area (Å²) in [6, 6.07) is 6.67. The van der Waals surface area contributed by atoms with Gasteiger partial charge in [-0.15, -0.1) is 0 Å². The molecule has 9 nitrogen and oxygen atoms in total. The quantitative estimate of drug-likeness (QED) is 0.436. The Labute approximate surface area is 173 Å². The largest absolute Gasteiger partial charge is 0.309 e. The molecular weight excluding hydrogens is 452 g/mol. The fourth-order valence-corrected chi connectivity index (χ4v) is 3.29. The van der Waals surface area contributed by atoms with Gasteiger partial charge in [-0.2, -0.15) is 10.2 Å². The summed E-state index contributed by atoms with van der Waals surface area (Å²) in [6.07, 6.45) is 2.86. The lowest BCUT2D eigenvalue weighted by Crippen LogP contribution is -2.25. The molecular formula is C17H16BrClN6O3. The van der Waals surface area contributed by atoms with Gasteiger partial charge in [0.2, 0.25) is 5.91 Å². The molecule has 0 saturated carbocycles. The maximum absolute atomic E-state index is 12.6. The van der Waals surface area contributed by atoms with Crippen molar-refractivity contribution in [2.45, 2.75) is 26.4 Å². The minimum Gasteiger partial charge on any atom is -0.306 e. The van der Waals surface area contributed by atoms with Crippen LogP contribution < -0.4 is 5.32 Å². The third kappa shape index (κ3) is 4.07. The van der Waals surface area contributed by atoms with Crippen molar-refractivity contribution >= 4 is 44.9 Å². The molecule has 1 aromatic carbocycles. The second-order valence-electron chi connectivity index (χ2n) is 6.10. The van der Waals surface area contributed by atoms with Crippen molar-refractivity contribution in [1.82, 2.24) is 19.6 Å². The second kappa shape index (κ2) is 8.11. The van der Waals surface area contributed by atoms with Gasteiger partial charge in [0.05, 0.1) is 15.9 Å². The number of anilines is 1. The van der Waals surface area contributed by atoms with E-state index in [9.17, 15) is 14.9 Å². The van der Waals surface area contributed by atoms with E-state index in [0.717, 1.165) is 11.8 Å². The molecule has 0 bridgehead atoms. The van der Waals surface area contributed by atoms with E-state index in [1.807, 2.05) is 18.2 Å². The van der Waals surface area contributed by atoms with E-state index in [-0.39, 0.29) is 5.69 Å². The zero-order chi connectivity index (χ0) is 20.4. The summed E-state index contributed by atoms with van der Waals surface area (Å²) in [5.74, 6) is -0.0620. The molecule has 2 heterocycles. The average Bonchev–Trinajstić information content (AvgIpc) is 3.19. The minimum absolute atomic E-state index is 0.134. The van der Waals surface area contributed by atoms with Crippen molar-refractivity contribution in [1.29, 1.82) is 0 Å². The number of aromatic nitrogens is 4. The molecule has 1 atom stereocenters. The summed E-state index contributed by atoms with van der Waals surface area (Å²) in [6.45, 7) is 3.59. The van der Waals surface area contributed by atoms with Gasteiger partial charge in [-0.3, -0.25) is 24.3 Å². The van der Waals surface area contributed by atoms with Gasteiger partial charge in [0.1, 0.15) is 17.9 Å². The number of nitrogens with one attached hydrogen (secondary N) is 1. The third-order valence-electron chi connectivity index (χ3n) is 4.21. The Bertz CT molecular complexity index is 1050. The van der Waals surface area contributed by atoms with Crippen LogP contribution in [0.1, 0.15) is 24.2 Å². The Morgan fingerprint density at radius 1 is 1.43 bits per heavy atom. The van der Waals surface area contributed by atoms with Gasteiger partial charge in [-0.1, -0.05) is 29.8 Å². The summed E-state index contributed by atoms with van der Waals surface area (Å²) >= 11 is 9.55. The van der Waals surface area contributed by atoms with Crippen LogP contribution in [0.5, 0.6) is 0 Å². The molecule has 3 rings (SSSR count). The van der Waals surface area contributed by atoms with Gasteiger partial charge in [0, 0.05) is 11.2 Å². The first kappa shape index (κ1) is 20.0. The maximum Gasteiger partial charge on any atom is 0.309 e. The van der Waals surface area contributed by atoms with Crippen LogP contribution in [0, 0.1) is 17.0 Å². The normalized spacial score (nSPS) is 12.0. The van der Waals surface area contributed by atoms with Crippen LogP contribution in [0.3, 0.4) is 0 Å². The Hall–Kier alpha value is -2.72. The predicted molar refractivity (Wildman–Crippen MR) is 107 cm³/mol. The van der Waals surface area contributed by atoms with Crippen molar-refractivity contribution in [2.75, 3.05) is 5.32 Å². The van der Waals surface area contributed by atoms with Crippen LogP contribution in [-0.2, 0) is 11.3 Å². The number of amides is 1. The van der Waals surface area contributed by atoms with Crippen LogP contribution in [0.2, 0.25) is 5.02 Å². The van der Waals surface area contributed by atoms with Crippen molar-refractivity contribution in [3.63, 3.8) is 0 Å². The summed E-state index contributed by atoms with van der Waals surface area (Å²) in [4.78, 5) is 23.0. The van der Waals surface area contributed by atoms with Crippen LogP contribution in [-0.4, -0.2) is 30.4 Å². The monoisotopic (exact) mass is 466 g/mol. The van der Waals surface area contributed by atoms with Crippen molar-refractivity contribution in [3.8, 4) is 0 Å². The number of nitro groups is 1. The topological polar surface area (TPSA) is 108 Å². The second-order valence-corrected chi connectivity index (χ2v) is 7.36. The number of hydrogen-bond acceptors (Lipinski definition) is 5. The molecule has 0 fully saturated rings. The average molecular weight is 468 g/mol. The molecule has 0 aliphatic rings. The first-order chi connectivity index (χ1) is 13.3. The van der Waals surface area contributed by atoms with Gasteiger partial charge >= 0.3 is 5.69 Å². The number of carbonyl (C=O) groups excluding carboxylic acids is 1. The Morgan fingerprint density at radius 3 is 2.79 bits per heavy atom. The van der Waals surface area contributed by atoms with Crippen LogP contribution >= 0.6 is 27.5 Å². The molecule has 146 valence electrons. The number of rotatable bonds is 6. The fraction of sp³-hybridized carbons (Fsp3) is 0.235. The maximum atomic E-state index is 12.6. The van der Waals surface area contributed by atoms with E-state index in [1.165, 1.54) is 4.68 Å². The van der Waals surface area contributed by atoms with Gasteiger partial charge < -0.3 is 5.32 Å². The predicted octanol–water partition coefficient (Wildman–Crippen LogP) is 3.96. The highest BCUT2D eigenvalue weighted by molar-refractivity contribution is 9.10. The van der Waals surface area contributed by atoms with Crippen LogP contribution in [0.4, 0.5) is 11.5 Å². The van der Waals surface area contributed by atoms with E-state index >= 15 is 0 Å². The van der Waals surface area contributed by atoms with Crippen molar-refractivity contribution in [3.05, 3.63) is 67.5 Å². The summed E-state index contributed by atoms with van der Waals surface area (Å²) in [5, 5.41) is 22.6. The Kier molecular flexibility index (Phi) is 5.80. The van der Waals surface area contributed by atoms with E-state index in [2.05, 4.69) is 31.4 Å². The molecule has 1 N–H and O–H groups in total. The smallest absolute Gasteiger partial charge is 0.306 e. The molecule has 1 unspecified atom stereocenters. The summed E-state index contributed by atoms with van der Waals surface area (Å²) < 4.78 is 3.56. The molecule has 0 radical (unpaired) electrons. The Balaban J connectivity index is 1.75.